The minimum atomic E-state index is -4.92. The largest absolute Gasteiger partial charge is 0.573 e. The van der Waals surface area contributed by atoms with E-state index in [1.807, 2.05) is 0 Å². The molecule has 9 nitrogen and oxygen atoms in total. The summed E-state index contributed by atoms with van der Waals surface area (Å²) in [6.07, 6.45) is -4.20. The zero-order valence-corrected chi connectivity index (χ0v) is 18.2. The Morgan fingerprint density at radius 1 is 1.11 bits per heavy atom. The number of aryl methyl sites for hydroxylation is 1. The first-order chi connectivity index (χ1) is 16.4. The van der Waals surface area contributed by atoms with Gasteiger partial charge < -0.3 is 30.2 Å². The van der Waals surface area contributed by atoms with Crippen molar-refractivity contribution in [1.29, 1.82) is 0 Å². The number of hydrogen-bond acceptors (Lipinski definition) is 5. The molecule has 0 saturated heterocycles. The first kappa shape index (κ1) is 25.1. The number of aromatic nitrogens is 1. The van der Waals surface area contributed by atoms with Crippen LogP contribution in [0.25, 0.3) is 11.1 Å². The highest BCUT2D eigenvalue weighted by Crippen LogP contribution is 2.35. The molecule has 0 spiro atoms. The molecule has 0 bridgehead atoms. The van der Waals surface area contributed by atoms with Crippen molar-refractivity contribution < 1.29 is 37.7 Å². The number of amides is 2. The van der Waals surface area contributed by atoms with Crippen LogP contribution in [0.4, 0.5) is 23.7 Å². The van der Waals surface area contributed by atoms with E-state index in [1.165, 1.54) is 61.8 Å². The molecule has 0 fully saturated rings. The highest BCUT2D eigenvalue weighted by atomic mass is 19.4. The number of para-hydroxylation sites is 1. The standard InChI is InChI=1S/C23H20F3N3O6/c1-29-10-9-17(30)20(21(29)33)28-22(34)27-16(12-19(31)32)14-6-4-5-13(11-14)15-7-2-3-8-18(15)35-23(24,25)26/h2-11,16,30H,12H2,1H3,(H,31,32)(H2,27,28,34)/t16-/m0/s1. The third-order valence-corrected chi connectivity index (χ3v) is 4.88. The van der Waals surface area contributed by atoms with E-state index in [9.17, 15) is 37.8 Å². The van der Waals surface area contributed by atoms with E-state index in [0.29, 0.717) is 0 Å². The van der Waals surface area contributed by atoms with E-state index < -0.39 is 53.6 Å². The summed E-state index contributed by atoms with van der Waals surface area (Å²) in [6.45, 7) is 0. The molecule has 184 valence electrons. The van der Waals surface area contributed by atoms with Gasteiger partial charge in [-0.15, -0.1) is 13.2 Å². The van der Waals surface area contributed by atoms with Crippen LogP contribution in [0.2, 0.25) is 0 Å². The van der Waals surface area contributed by atoms with E-state index in [2.05, 4.69) is 15.4 Å². The third kappa shape index (κ3) is 6.53. The maximum absolute atomic E-state index is 12.8. The van der Waals surface area contributed by atoms with Crippen molar-refractivity contribution in [2.75, 3.05) is 5.32 Å². The molecule has 4 N–H and O–H groups in total. The second-order valence-corrected chi connectivity index (χ2v) is 7.41. The van der Waals surface area contributed by atoms with Crippen LogP contribution in [0.15, 0.2) is 65.6 Å². The highest BCUT2D eigenvalue weighted by Gasteiger charge is 2.32. The summed E-state index contributed by atoms with van der Waals surface area (Å²) in [6, 6.07) is 10.4. The number of carbonyl (C=O) groups excluding carboxylic acids is 1. The van der Waals surface area contributed by atoms with E-state index in [0.717, 1.165) is 10.6 Å². The summed E-state index contributed by atoms with van der Waals surface area (Å²) < 4.78 is 43.6. The van der Waals surface area contributed by atoms with Crippen molar-refractivity contribution in [3.63, 3.8) is 0 Å². The highest BCUT2D eigenvalue weighted by molar-refractivity contribution is 5.91. The minimum Gasteiger partial charge on any atom is -0.505 e. The van der Waals surface area contributed by atoms with Gasteiger partial charge in [-0.2, -0.15) is 0 Å². The number of halogens is 3. The second-order valence-electron chi connectivity index (χ2n) is 7.41. The number of benzene rings is 2. The quantitative estimate of drug-likeness (QED) is 0.396. The van der Waals surface area contributed by atoms with Crippen molar-refractivity contribution >= 4 is 17.7 Å². The average molecular weight is 491 g/mol. The number of rotatable bonds is 7. The maximum Gasteiger partial charge on any atom is 0.573 e. The molecule has 12 heteroatoms. The molecule has 0 radical (unpaired) electrons. The van der Waals surface area contributed by atoms with Gasteiger partial charge in [0.25, 0.3) is 5.56 Å². The van der Waals surface area contributed by atoms with Crippen LogP contribution in [0.5, 0.6) is 11.5 Å². The zero-order valence-electron chi connectivity index (χ0n) is 18.2. The van der Waals surface area contributed by atoms with Gasteiger partial charge in [-0.3, -0.25) is 9.59 Å². The van der Waals surface area contributed by atoms with E-state index >= 15 is 0 Å². The van der Waals surface area contributed by atoms with Crippen LogP contribution in [-0.2, 0) is 11.8 Å². The lowest BCUT2D eigenvalue weighted by molar-refractivity contribution is -0.274. The lowest BCUT2D eigenvalue weighted by Crippen LogP contribution is -2.36. The number of aliphatic carboxylic acids is 1. The number of carboxylic acids is 1. The molecule has 0 saturated carbocycles. The van der Waals surface area contributed by atoms with Crippen molar-refractivity contribution in [3.05, 3.63) is 76.7 Å². The zero-order chi connectivity index (χ0) is 25.8. The fourth-order valence-electron chi connectivity index (χ4n) is 3.31. The van der Waals surface area contributed by atoms with Crippen molar-refractivity contribution in [1.82, 2.24) is 9.88 Å². The molecule has 1 heterocycles. The smallest absolute Gasteiger partial charge is 0.505 e. The Morgan fingerprint density at radius 3 is 2.51 bits per heavy atom. The summed E-state index contributed by atoms with van der Waals surface area (Å²) in [4.78, 5) is 36.1. The maximum atomic E-state index is 12.8. The molecular formula is C23H20F3N3O6. The summed E-state index contributed by atoms with van der Waals surface area (Å²) in [5, 5.41) is 23.8. The number of pyridine rings is 1. The summed E-state index contributed by atoms with van der Waals surface area (Å²) in [5.41, 5.74) is -0.448. The number of alkyl halides is 3. The van der Waals surface area contributed by atoms with E-state index in [-0.39, 0.29) is 16.7 Å². The SMILES string of the molecule is Cn1ccc(O)c(NC(=O)N[C@@H](CC(=O)O)c2cccc(-c3ccccc3OC(F)(F)F)c2)c1=O. The number of carbonyl (C=O) groups is 2. The molecule has 1 aromatic heterocycles. The monoisotopic (exact) mass is 491 g/mol. The molecule has 0 aliphatic rings. The van der Waals surface area contributed by atoms with Crippen molar-refractivity contribution in [2.45, 2.75) is 18.8 Å². The van der Waals surface area contributed by atoms with Gasteiger partial charge in [0.05, 0.1) is 12.5 Å². The molecule has 1 atom stereocenters. The van der Waals surface area contributed by atoms with Crippen LogP contribution < -0.4 is 20.9 Å². The van der Waals surface area contributed by atoms with E-state index in [1.54, 1.807) is 0 Å². The first-order valence-electron chi connectivity index (χ1n) is 10.1. The first-order valence-corrected chi connectivity index (χ1v) is 10.1. The number of ether oxygens (including phenoxy) is 1. The normalized spacial score (nSPS) is 12.0. The predicted molar refractivity (Wildman–Crippen MR) is 119 cm³/mol. The van der Waals surface area contributed by atoms with Crippen molar-refractivity contribution in [2.24, 2.45) is 7.05 Å². The number of anilines is 1. The summed E-state index contributed by atoms with van der Waals surface area (Å²) >= 11 is 0. The van der Waals surface area contributed by atoms with Gasteiger partial charge in [0.15, 0.2) is 5.69 Å². The van der Waals surface area contributed by atoms with Gasteiger partial charge in [0, 0.05) is 18.8 Å². The van der Waals surface area contributed by atoms with Crippen LogP contribution in [0, 0.1) is 0 Å². The number of nitrogens with zero attached hydrogens (tertiary/aromatic N) is 1. The van der Waals surface area contributed by atoms with Crippen LogP contribution in [0.3, 0.4) is 0 Å². The van der Waals surface area contributed by atoms with E-state index in [4.69, 9.17) is 0 Å². The Morgan fingerprint density at radius 2 is 1.83 bits per heavy atom. The molecule has 3 aromatic rings. The summed E-state index contributed by atoms with van der Waals surface area (Å²) in [5.74, 6) is -2.20. The Balaban J connectivity index is 1.91. The molecule has 2 amide bonds. The van der Waals surface area contributed by atoms with Crippen LogP contribution >= 0.6 is 0 Å². The minimum absolute atomic E-state index is 0.0999. The number of urea groups is 1. The lowest BCUT2D eigenvalue weighted by Gasteiger charge is -2.20. The number of nitrogens with one attached hydrogen (secondary N) is 2. The number of aromatic hydroxyl groups is 1. The molecule has 0 aliphatic heterocycles. The fraction of sp³-hybridized carbons (Fsp3) is 0.174. The predicted octanol–water partition coefficient (Wildman–Crippen LogP) is 3.99. The average Bonchev–Trinajstić information content (AvgIpc) is 2.78. The number of carboxylic acid groups (broad SMARTS) is 1. The third-order valence-electron chi connectivity index (χ3n) is 4.88. The molecule has 35 heavy (non-hydrogen) atoms. The Kier molecular flexibility index (Phi) is 7.33. The van der Waals surface area contributed by atoms with Gasteiger partial charge in [0.1, 0.15) is 11.5 Å². The van der Waals surface area contributed by atoms with Crippen molar-refractivity contribution in [3.8, 4) is 22.6 Å². The van der Waals surface area contributed by atoms with Crippen LogP contribution in [-0.4, -0.2) is 33.1 Å². The Bertz CT molecular complexity index is 1310. The Labute approximate surface area is 196 Å². The molecule has 2 aromatic carbocycles. The molecule has 0 aliphatic carbocycles. The molecule has 3 rings (SSSR count). The lowest BCUT2D eigenvalue weighted by atomic mass is 9.97. The Hall–Kier alpha value is -4.48. The topological polar surface area (TPSA) is 130 Å². The summed E-state index contributed by atoms with van der Waals surface area (Å²) in [7, 11) is 1.41. The fourth-order valence-corrected chi connectivity index (χ4v) is 3.31. The second kappa shape index (κ2) is 10.2. The van der Waals surface area contributed by atoms with Gasteiger partial charge >= 0.3 is 18.4 Å². The molecule has 0 unspecified atom stereocenters. The number of hydrogen-bond donors (Lipinski definition) is 4. The van der Waals surface area contributed by atoms with Gasteiger partial charge in [-0.25, -0.2) is 4.79 Å². The van der Waals surface area contributed by atoms with Crippen LogP contribution in [0.1, 0.15) is 18.0 Å². The van der Waals surface area contributed by atoms with Gasteiger partial charge in [-0.1, -0.05) is 36.4 Å². The molecular weight excluding hydrogens is 471 g/mol. The van der Waals surface area contributed by atoms with Gasteiger partial charge in [0.2, 0.25) is 0 Å². The van der Waals surface area contributed by atoms with Gasteiger partial charge in [-0.05, 0) is 29.3 Å².